The molecule has 142 valence electrons. The van der Waals surface area contributed by atoms with E-state index in [1.54, 1.807) is 0 Å². The highest BCUT2D eigenvalue weighted by atomic mass is 79.9. The van der Waals surface area contributed by atoms with Crippen LogP contribution < -0.4 is 0 Å². The molecule has 0 spiro atoms. The normalized spacial score (nSPS) is 16.1. The van der Waals surface area contributed by atoms with Crippen molar-refractivity contribution in [1.29, 1.82) is 0 Å². The second-order valence-corrected chi connectivity index (χ2v) is 9.57. The molecule has 0 aromatic heterocycles. The molecule has 0 radical (unpaired) electrons. The molecule has 0 heterocycles. The summed E-state index contributed by atoms with van der Waals surface area (Å²) >= 11 is 14.0. The molecule has 0 aliphatic carbocycles. The van der Waals surface area contributed by atoms with Gasteiger partial charge in [0.25, 0.3) is 0 Å². The van der Waals surface area contributed by atoms with Gasteiger partial charge in [-0.05, 0) is 49.2 Å². The molecule has 0 N–H and O–H groups in total. The number of hydrogen-bond donors (Lipinski definition) is 0. The Morgan fingerprint density at radius 2 is 0.962 bits per heavy atom. The van der Waals surface area contributed by atoms with Crippen LogP contribution in [0.5, 0.6) is 0 Å². The summed E-state index contributed by atoms with van der Waals surface area (Å²) in [5.41, 5.74) is 0.804. The van der Waals surface area contributed by atoms with Crippen LogP contribution in [0.15, 0.2) is 57.5 Å². The molecule has 0 aliphatic heterocycles. The van der Waals surface area contributed by atoms with Crippen LogP contribution in [0.2, 0.25) is 0 Å². The maximum Gasteiger partial charge on any atom is 0.123 e. The van der Waals surface area contributed by atoms with E-state index in [1.165, 1.54) is 0 Å². The number of ether oxygens (including phenoxy) is 2. The third-order valence-corrected chi connectivity index (χ3v) is 6.34. The minimum Gasteiger partial charge on any atom is -0.366 e. The lowest BCUT2D eigenvalue weighted by Gasteiger charge is -2.46. The zero-order valence-electron chi connectivity index (χ0n) is 14.8. The van der Waals surface area contributed by atoms with Gasteiger partial charge in [-0.2, -0.15) is 0 Å². The maximum atomic E-state index is 6.44. The molecule has 6 heteroatoms. The van der Waals surface area contributed by atoms with E-state index in [1.807, 2.05) is 24.3 Å². The Labute approximate surface area is 189 Å². The smallest absolute Gasteiger partial charge is 0.123 e. The molecule has 0 fully saturated rings. The van der Waals surface area contributed by atoms with Crippen molar-refractivity contribution in [3.63, 3.8) is 0 Å². The standard InChI is InChI=1S/C20H22Br4O2/c1-19(25-13-11-21,15-3-7-17(23)8-4-15)20(2,26-14-12-22)16-5-9-18(24)10-6-16/h3-10H,11-14H2,1-2H3. The molecule has 2 rings (SSSR count). The van der Waals surface area contributed by atoms with Gasteiger partial charge < -0.3 is 9.47 Å². The van der Waals surface area contributed by atoms with Gasteiger partial charge in [-0.1, -0.05) is 88.0 Å². The van der Waals surface area contributed by atoms with E-state index in [9.17, 15) is 0 Å². The lowest BCUT2D eigenvalue weighted by Crippen LogP contribution is -2.49. The van der Waals surface area contributed by atoms with Crippen molar-refractivity contribution >= 4 is 63.7 Å². The summed E-state index contributed by atoms with van der Waals surface area (Å²) in [6.07, 6.45) is 0. The molecule has 0 saturated carbocycles. The number of rotatable bonds is 9. The number of halogens is 4. The Hall–Kier alpha value is 0.280. The van der Waals surface area contributed by atoms with Crippen LogP contribution in [0.25, 0.3) is 0 Å². The first kappa shape index (κ1) is 22.6. The molecule has 26 heavy (non-hydrogen) atoms. The van der Waals surface area contributed by atoms with Crippen LogP contribution in [-0.2, 0) is 20.7 Å². The highest BCUT2D eigenvalue weighted by Crippen LogP contribution is 2.46. The number of benzene rings is 2. The van der Waals surface area contributed by atoms with E-state index < -0.39 is 11.2 Å². The van der Waals surface area contributed by atoms with Gasteiger partial charge in [-0.15, -0.1) is 0 Å². The van der Waals surface area contributed by atoms with Gasteiger partial charge in [0, 0.05) is 19.6 Å². The molecular formula is C20H22Br4O2. The summed E-state index contributed by atoms with van der Waals surface area (Å²) in [7, 11) is 0. The van der Waals surface area contributed by atoms with Gasteiger partial charge in [0.1, 0.15) is 11.2 Å². The quantitative estimate of drug-likeness (QED) is 0.279. The maximum absolute atomic E-state index is 6.44. The molecule has 0 saturated heterocycles. The van der Waals surface area contributed by atoms with E-state index in [2.05, 4.69) is 102 Å². The monoisotopic (exact) mass is 610 g/mol. The molecule has 2 atom stereocenters. The number of alkyl halides is 2. The summed E-state index contributed by atoms with van der Waals surface area (Å²) in [5, 5.41) is 1.52. The van der Waals surface area contributed by atoms with Crippen LogP contribution in [0.3, 0.4) is 0 Å². The fraction of sp³-hybridized carbons (Fsp3) is 0.400. The third-order valence-electron chi connectivity index (χ3n) is 4.64. The summed E-state index contributed by atoms with van der Waals surface area (Å²) in [6, 6.07) is 16.5. The SMILES string of the molecule is CC(OCCBr)(c1ccc(Br)cc1)C(C)(OCCBr)c1ccc(Br)cc1. The molecule has 2 nitrogen and oxygen atoms in total. The summed E-state index contributed by atoms with van der Waals surface area (Å²) in [4.78, 5) is 0. The van der Waals surface area contributed by atoms with Crippen molar-refractivity contribution in [2.24, 2.45) is 0 Å². The zero-order chi connectivity index (χ0) is 19.2. The Kier molecular flexibility index (Phi) is 8.83. The molecule has 0 bridgehead atoms. The Balaban J connectivity index is 2.60. The van der Waals surface area contributed by atoms with Gasteiger partial charge in [-0.25, -0.2) is 0 Å². The van der Waals surface area contributed by atoms with E-state index in [0.29, 0.717) is 13.2 Å². The largest absolute Gasteiger partial charge is 0.366 e. The highest BCUT2D eigenvalue weighted by Gasteiger charge is 2.49. The fourth-order valence-corrected chi connectivity index (χ4v) is 3.87. The predicted molar refractivity (Wildman–Crippen MR) is 122 cm³/mol. The van der Waals surface area contributed by atoms with Crippen molar-refractivity contribution in [2.45, 2.75) is 25.0 Å². The van der Waals surface area contributed by atoms with E-state index in [0.717, 1.165) is 30.7 Å². The average molecular weight is 614 g/mol. The fourth-order valence-electron chi connectivity index (χ4n) is 3.01. The van der Waals surface area contributed by atoms with Crippen LogP contribution in [0.4, 0.5) is 0 Å². The van der Waals surface area contributed by atoms with Crippen molar-refractivity contribution in [1.82, 2.24) is 0 Å². The molecular weight excluding hydrogens is 592 g/mol. The van der Waals surface area contributed by atoms with E-state index >= 15 is 0 Å². The Bertz CT molecular complexity index is 628. The first-order valence-electron chi connectivity index (χ1n) is 8.29. The summed E-state index contributed by atoms with van der Waals surface area (Å²) in [6.45, 7) is 5.37. The van der Waals surface area contributed by atoms with Gasteiger partial charge in [0.2, 0.25) is 0 Å². The Morgan fingerprint density at radius 1 is 0.654 bits per heavy atom. The zero-order valence-corrected chi connectivity index (χ0v) is 21.1. The first-order valence-corrected chi connectivity index (χ1v) is 12.1. The van der Waals surface area contributed by atoms with Gasteiger partial charge in [0.15, 0.2) is 0 Å². The van der Waals surface area contributed by atoms with Crippen molar-refractivity contribution < 1.29 is 9.47 Å². The van der Waals surface area contributed by atoms with Crippen molar-refractivity contribution in [3.05, 3.63) is 68.6 Å². The average Bonchev–Trinajstić information content (AvgIpc) is 2.65. The second-order valence-electron chi connectivity index (χ2n) is 6.16. The Morgan fingerprint density at radius 3 is 1.23 bits per heavy atom. The van der Waals surface area contributed by atoms with Gasteiger partial charge in [0.05, 0.1) is 13.2 Å². The van der Waals surface area contributed by atoms with Crippen LogP contribution in [-0.4, -0.2) is 23.9 Å². The highest BCUT2D eigenvalue weighted by molar-refractivity contribution is 9.11. The molecule has 0 aliphatic rings. The van der Waals surface area contributed by atoms with E-state index in [-0.39, 0.29) is 0 Å². The lowest BCUT2D eigenvalue weighted by atomic mass is 9.75. The second kappa shape index (κ2) is 10.2. The van der Waals surface area contributed by atoms with Crippen LogP contribution >= 0.6 is 63.7 Å². The van der Waals surface area contributed by atoms with Crippen LogP contribution in [0.1, 0.15) is 25.0 Å². The minimum atomic E-state index is -0.669. The molecule has 0 amide bonds. The first-order chi connectivity index (χ1) is 12.4. The number of hydrogen-bond acceptors (Lipinski definition) is 2. The van der Waals surface area contributed by atoms with E-state index in [4.69, 9.17) is 9.47 Å². The molecule has 2 aromatic rings. The van der Waals surface area contributed by atoms with Crippen molar-refractivity contribution in [2.75, 3.05) is 23.9 Å². The topological polar surface area (TPSA) is 18.5 Å². The predicted octanol–water partition coefficient (Wildman–Crippen LogP) is 7.17. The lowest BCUT2D eigenvalue weighted by molar-refractivity contribution is -0.201. The molecule has 2 aromatic carbocycles. The third kappa shape index (κ3) is 5.00. The van der Waals surface area contributed by atoms with Gasteiger partial charge in [-0.3, -0.25) is 0 Å². The van der Waals surface area contributed by atoms with Crippen molar-refractivity contribution in [3.8, 4) is 0 Å². The summed E-state index contributed by atoms with van der Waals surface area (Å²) in [5.74, 6) is 0. The molecule has 2 unspecified atom stereocenters. The minimum absolute atomic E-state index is 0.580. The van der Waals surface area contributed by atoms with Gasteiger partial charge >= 0.3 is 0 Å². The summed E-state index contributed by atoms with van der Waals surface area (Å²) < 4.78 is 15.0. The van der Waals surface area contributed by atoms with Crippen LogP contribution in [0, 0.1) is 0 Å².